The normalized spacial score (nSPS) is 12.6. The van der Waals surface area contributed by atoms with Crippen molar-refractivity contribution in [1.82, 2.24) is 0 Å². The van der Waals surface area contributed by atoms with Gasteiger partial charge in [-0.3, -0.25) is 4.79 Å². The van der Waals surface area contributed by atoms with Gasteiger partial charge < -0.3 is 11.1 Å². The van der Waals surface area contributed by atoms with E-state index in [1.54, 1.807) is 0 Å². The molecule has 0 heterocycles. The summed E-state index contributed by atoms with van der Waals surface area (Å²) in [6, 6.07) is 7.23. The Balaban J connectivity index is 2.57. The average molecular weight is 332 g/mol. The molecule has 88 valence electrons. The van der Waals surface area contributed by atoms with Gasteiger partial charge in [0.15, 0.2) is 0 Å². The molecule has 1 aromatic carbocycles. The van der Waals surface area contributed by atoms with E-state index < -0.39 is 6.04 Å². The molecule has 1 aromatic rings. The number of nitrogens with one attached hydrogen (secondary N) is 1. The van der Waals surface area contributed by atoms with Gasteiger partial charge in [-0.15, -0.1) is 0 Å². The topological polar surface area (TPSA) is 55.1 Å². The van der Waals surface area contributed by atoms with Crippen LogP contribution in [-0.2, 0) is 4.79 Å². The summed E-state index contributed by atoms with van der Waals surface area (Å²) in [5.74, 6) is 0.312. The summed E-state index contributed by atoms with van der Waals surface area (Å²) in [5, 5.41) is 2.82. The van der Waals surface area contributed by atoms with Gasteiger partial charge in [-0.2, -0.15) is 0 Å². The molecular formula is C12H17IN2O. The molecule has 0 aromatic heterocycles. The lowest BCUT2D eigenvalue weighted by molar-refractivity contribution is -0.117. The van der Waals surface area contributed by atoms with Crippen LogP contribution in [0.5, 0.6) is 0 Å². The lowest BCUT2D eigenvalue weighted by atomic mass is 10.0. The molecule has 0 spiro atoms. The Kier molecular flexibility index (Phi) is 5.21. The zero-order valence-corrected chi connectivity index (χ0v) is 11.7. The van der Waals surface area contributed by atoms with E-state index in [0.717, 1.165) is 9.26 Å². The van der Waals surface area contributed by atoms with Crippen molar-refractivity contribution in [2.75, 3.05) is 5.32 Å². The van der Waals surface area contributed by atoms with E-state index in [1.165, 1.54) is 0 Å². The van der Waals surface area contributed by atoms with Crippen molar-refractivity contribution < 1.29 is 4.79 Å². The van der Waals surface area contributed by atoms with E-state index in [-0.39, 0.29) is 5.91 Å². The predicted octanol–water partition coefficient (Wildman–Crippen LogP) is 2.60. The van der Waals surface area contributed by atoms with Gasteiger partial charge >= 0.3 is 0 Å². The van der Waals surface area contributed by atoms with Crippen LogP contribution in [0.2, 0.25) is 0 Å². The Labute approximate surface area is 110 Å². The summed E-state index contributed by atoms with van der Waals surface area (Å²) in [6.45, 7) is 4.11. The number of benzene rings is 1. The van der Waals surface area contributed by atoms with Gasteiger partial charge in [-0.25, -0.2) is 0 Å². The van der Waals surface area contributed by atoms with Crippen molar-refractivity contribution in [3.05, 3.63) is 27.8 Å². The van der Waals surface area contributed by atoms with Crippen molar-refractivity contribution in [1.29, 1.82) is 0 Å². The van der Waals surface area contributed by atoms with E-state index in [0.29, 0.717) is 12.3 Å². The Bertz CT molecular complexity index is 366. The standard InChI is InChI=1S/C12H17IN2O/c1-8(2)6-11(14)12(16)15-10-5-3-4-9(13)7-10/h3-5,7-8,11H,6,14H2,1-2H3,(H,15,16)/t11-/m0/s1. The molecule has 0 aliphatic carbocycles. The van der Waals surface area contributed by atoms with Crippen LogP contribution in [0.4, 0.5) is 5.69 Å². The lowest BCUT2D eigenvalue weighted by Crippen LogP contribution is -2.36. The Morgan fingerprint density at radius 1 is 1.50 bits per heavy atom. The molecule has 3 nitrogen and oxygen atoms in total. The number of anilines is 1. The predicted molar refractivity (Wildman–Crippen MR) is 75.2 cm³/mol. The molecule has 0 fully saturated rings. The Morgan fingerprint density at radius 3 is 2.75 bits per heavy atom. The van der Waals surface area contributed by atoms with Crippen molar-refractivity contribution in [2.24, 2.45) is 11.7 Å². The molecule has 4 heteroatoms. The summed E-state index contributed by atoms with van der Waals surface area (Å²) in [5.41, 5.74) is 6.59. The molecule has 0 aliphatic rings. The second-order valence-electron chi connectivity index (χ2n) is 4.24. The fourth-order valence-corrected chi connectivity index (χ4v) is 1.96. The number of carbonyl (C=O) groups excluding carboxylic acids is 1. The molecule has 0 bridgehead atoms. The van der Waals surface area contributed by atoms with E-state index in [4.69, 9.17) is 5.73 Å². The van der Waals surface area contributed by atoms with Crippen LogP contribution >= 0.6 is 22.6 Å². The SMILES string of the molecule is CC(C)C[C@H](N)C(=O)Nc1cccc(I)c1. The Hall–Kier alpha value is -0.620. The average Bonchev–Trinajstić information content (AvgIpc) is 2.16. The number of carbonyl (C=O) groups is 1. The summed E-state index contributed by atoms with van der Waals surface area (Å²) in [7, 11) is 0. The Morgan fingerprint density at radius 2 is 2.19 bits per heavy atom. The van der Waals surface area contributed by atoms with Gasteiger partial charge in [-0.1, -0.05) is 19.9 Å². The van der Waals surface area contributed by atoms with Crippen LogP contribution < -0.4 is 11.1 Å². The zero-order valence-electron chi connectivity index (χ0n) is 9.53. The molecule has 0 unspecified atom stereocenters. The maximum absolute atomic E-state index is 11.7. The van der Waals surface area contributed by atoms with Crippen molar-refractivity contribution >= 4 is 34.2 Å². The molecule has 0 saturated heterocycles. The molecular weight excluding hydrogens is 315 g/mol. The van der Waals surface area contributed by atoms with Crippen LogP contribution in [0.15, 0.2) is 24.3 Å². The van der Waals surface area contributed by atoms with Crippen LogP contribution in [0, 0.1) is 9.49 Å². The minimum absolute atomic E-state index is 0.115. The molecule has 16 heavy (non-hydrogen) atoms. The first-order valence-electron chi connectivity index (χ1n) is 5.31. The second-order valence-corrected chi connectivity index (χ2v) is 5.48. The van der Waals surface area contributed by atoms with Gasteiger partial charge in [0.25, 0.3) is 0 Å². The van der Waals surface area contributed by atoms with Gasteiger partial charge in [0.2, 0.25) is 5.91 Å². The largest absolute Gasteiger partial charge is 0.325 e. The fraction of sp³-hybridized carbons (Fsp3) is 0.417. The van der Waals surface area contributed by atoms with Crippen molar-refractivity contribution in [2.45, 2.75) is 26.3 Å². The van der Waals surface area contributed by atoms with Crippen LogP contribution in [0.3, 0.4) is 0 Å². The van der Waals surface area contributed by atoms with Gasteiger partial charge in [0, 0.05) is 9.26 Å². The van der Waals surface area contributed by atoms with Crippen LogP contribution in [-0.4, -0.2) is 11.9 Å². The summed E-state index contributed by atoms with van der Waals surface area (Å²) in [6.07, 6.45) is 0.704. The highest BCUT2D eigenvalue weighted by atomic mass is 127. The number of rotatable bonds is 4. The molecule has 1 amide bonds. The molecule has 1 atom stereocenters. The van der Waals surface area contributed by atoms with Gasteiger partial charge in [-0.05, 0) is 53.1 Å². The van der Waals surface area contributed by atoms with E-state index >= 15 is 0 Å². The number of hydrogen-bond donors (Lipinski definition) is 2. The smallest absolute Gasteiger partial charge is 0.241 e. The minimum Gasteiger partial charge on any atom is -0.325 e. The third-order valence-corrected chi connectivity index (χ3v) is 2.83. The first-order valence-corrected chi connectivity index (χ1v) is 6.39. The maximum atomic E-state index is 11.7. The third kappa shape index (κ3) is 4.49. The molecule has 1 rings (SSSR count). The molecule has 0 saturated carbocycles. The third-order valence-electron chi connectivity index (χ3n) is 2.15. The first-order chi connectivity index (χ1) is 7.49. The monoisotopic (exact) mass is 332 g/mol. The lowest BCUT2D eigenvalue weighted by Gasteiger charge is -2.14. The maximum Gasteiger partial charge on any atom is 0.241 e. The zero-order chi connectivity index (χ0) is 12.1. The number of nitrogens with two attached hydrogens (primary N) is 1. The fourth-order valence-electron chi connectivity index (χ4n) is 1.42. The number of halogens is 1. The van der Waals surface area contributed by atoms with Crippen LogP contribution in [0.1, 0.15) is 20.3 Å². The van der Waals surface area contributed by atoms with E-state index in [1.807, 2.05) is 24.3 Å². The minimum atomic E-state index is -0.433. The van der Waals surface area contributed by atoms with E-state index in [9.17, 15) is 4.79 Å². The van der Waals surface area contributed by atoms with Gasteiger partial charge in [0.1, 0.15) is 0 Å². The first kappa shape index (κ1) is 13.4. The number of amides is 1. The molecule has 3 N–H and O–H groups in total. The van der Waals surface area contributed by atoms with Crippen molar-refractivity contribution in [3.63, 3.8) is 0 Å². The van der Waals surface area contributed by atoms with Crippen LogP contribution in [0.25, 0.3) is 0 Å². The summed E-state index contributed by atoms with van der Waals surface area (Å²) in [4.78, 5) is 11.7. The highest BCUT2D eigenvalue weighted by molar-refractivity contribution is 14.1. The second kappa shape index (κ2) is 6.20. The van der Waals surface area contributed by atoms with Crippen molar-refractivity contribution in [3.8, 4) is 0 Å². The number of hydrogen-bond acceptors (Lipinski definition) is 2. The van der Waals surface area contributed by atoms with Gasteiger partial charge in [0.05, 0.1) is 6.04 Å². The summed E-state index contributed by atoms with van der Waals surface area (Å²) >= 11 is 2.21. The quantitative estimate of drug-likeness (QED) is 0.833. The molecule has 0 aliphatic heterocycles. The highest BCUT2D eigenvalue weighted by Crippen LogP contribution is 2.13. The van der Waals surface area contributed by atoms with E-state index in [2.05, 4.69) is 41.8 Å². The molecule has 0 radical (unpaired) electrons. The summed E-state index contributed by atoms with van der Waals surface area (Å²) < 4.78 is 1.09. The highest BCUT2D eigenvalue weighted by Gasteiger charge is 2.14.